The molecule has 1 aromatic rings. The number of benzene rings is 1. The van der Waals surface area contributed by atoms with Crippen LogP contribution < -0.4 is 0 Å². The summed E-state index contributed by atoms with van der Waals surface area (Å²) in [6.45, 7) is 0. The van der Waals surface area contributed by atoms with E-state index in [4.69, 9.17) is 5.11 Å². The van der Waals surface area contributed by atoms with Gasteiger partial charge in [-0.25, -0.2) is 17.6 Å². The van der Waals surface area contributed by atoms with Gasteiger partial charge in [0.05, 0.1) is 9.89 Å². The van der Waals surface area contributed by atoms with E-state index in [1.54, 1.807) is 0 Å². The van der Waals surface area contributed by atoms with Gasteiger partial charge in [-0.2, -0.15) is 0 Å². The van der Waals surface area contributed by atoms with Crippen LogP contribution in [-0.2, 0) is 10.2 Å². The van der Waals surface area contributed by atoms with Gasteiger partial charge in [0.15, 0.2) is 23.3 Å². The van der Waals surface area contributed by atoms with Crippen molar-refractivity contribution >= 4 is 21.9 Å². The third kappa shape index (κ3) is 1.56. The Morgan fingerprint density at radius 2 is 1.50 bits per heavy atom. The fourth-order valence-corrected chi connectivity index (χ4v) is 2.47. The van der Waals surface area contributed by atoms with Crippen molar-refractivity contribution in [1.82, 2.24) is 0 Å². The van der Waals surface area contributed by atoms with E-state index in [-0.39, 0.29) is 12.8 Å². The van der Waals surface area contributed by atoms with Crippen molar-refractivity contribution in [2.24, 2.45) is 0 Å². The van der Waals surface area contributed by atoms with Crippen LogP contribution in [0.15, 0.2) is 4.47 Å². The van der Waals surface area contributed by atoms with Crippen molar-refractivity contribution in [2.75, 3.05) is 0 Å². The van der Waals surface area contributed by atoms with Gasteiger partial charge in [-0.15, -0.1) is 0 Å². The zero-order chi connectivity index (χ0) is 13.7. The number of aliphatic carboxylic acids is 1. The van der Waals surface area contributed by atoms with Crippen molar-refractivity contribution in [3.8, 4) is 0 Å². The van der Waals surface area contributed by atoms with Crippen LogP contribution in [0.25, 0.3) is 0 Å². The van der Waals surface area contributed by atoms with Gasteiger partial charge in [-0.1, -0.05) is 6.42 Å². The van der Waals surface area contributed by atoms with E-state index in [0.717, 1.165) is 0 Å². The molecule has 0 saturated heterocycles. The summed E-state index contributed by atoms with van der Waals surface area (Å²) in [4.78, 5) is 11.1. The minimum atomic E-state index is -1.86. The van der Waals surface area contributed by atoms with E-state index in [1.165, 1.54) is 0 Å². The molecule has 0 radical (unpaired) electrons. The lowest BCUT2D eigenvalue weighted by molar-refractivity contribution is -0.147. The first-order chi connectivity index (χ1) is 8.33. The number of carboxylic acids is 1. The highest BCUT2D eigenvalue weighted by atomic mass is 79.9. The van der Waals surface area contributed by atoms with Gasteiger partial charge in [0.2, 0.25) is 0 Å². The molecule has 2 rings (SSSR count). The van der Waals surface area contributed by atoms with E-state index >= 15 is 0 Å². The van der Waals surface area contributed by atoms with E-state index < -0.39 is 44.7 Å². The zero-order valence-electron chi connectivity index (χ0n) is 8.87. The molecule has 0 spiro atoms. The minimum Gasteiger partial charge on any atom is -0.481 e. The lowest BCUT2D eigenvalue weighted by atomic mass is 9.64. The van der Waals surface area contributed by atoms with Crippen LogP contribution in [0.1, 0.15) is 24.8 Å². The minimum absolute atomic E-state index is 0.0450. The number of rotatable bonds is 2. The third-order valence-electron chi connectivity index (χ3n) is 3.30. The summed E-state index contributed by atoms with van der Waals surface area (Å²) in [5.41, 5.74) is -2.89. The molecule has 0 heterocycles. The molecule has 0 amide bonds. The Hall–Kier alpha value is -1.11. The SMILES string of the molecule is O=C(O)C1(c2c(F)c(F)c(Br)c(F)c2F)CCC1. The molecule has 0 aromatic heterocycles. The number of carboxylic acid groups (broad SMARTS) is 1. The van der Waals surface area contributed by atoms with Gasteiger partial charge in [-0.05, 0) is 28.8 Å². The number of hydrogen-bond donors (Lipinski definition) is 1. The summed E-state index contributed by atoms with van der Waals surface area (Å²) in [7, 11) is 0. The first kappa shape index (κ1) is 13.3. The summed E-state index contributed by atoms with van der Waals surface area (Å²) in [6.07, 6.45) is 0.345. The maximum absolute atomic E-state index is 13.7. The number of hydrogen-bond acceptors (Lipinski definition) is 1. The normalized spacial score (nSPS) is 17.4. The van der Waals surface area contributed by atoms with Gasteiger partial charge in [0, 0.05) is 5.56 Å². The third-order valence-corrected chi connectivity index (χ3v) is 4.00. The predicted octanol–water partition coefficient (Wildman–Crippen LogP) is 3.51. The van der Waals surface area contributed by atoms with E-state index in [2.05, 4.69) is 15.9 Å². The molecule has 1 saturated carbocycles. The van der Waals surface area contributed by atoms with E-state index in [9.17, 15) is 22.4 Å². The average molecular weight is 327 g/mol. The summed E-state index contributed by atoms with van der Waals surface area (Å²) >= 11 is 2.38. The highest BCUT2D eigenvalue weighted by Gasteiger charge is 2.51. The molecule has 18 heavy (non-hydrogen) atoms. The van der Waals surface area contributed by atoms with Gasteiger partial charge < -0.3 is 5.11 Å². The lowest BCUT2D eigenvalue weighted by Gasteiger charge is -2.38. The van der Waals surface area contributed by atoms with Crippen LogP contribution in [0.4, 0.5) is 17.6 Å². The second kappa shape index (κ2) is 4.22. The fourth-order valence-electron chi connectivity index (χ4n) is 2.13. The van der Waals surface area contributed by atoms with Crippen LogP contribution >= 0.6 is 15.9 Å². The van der Waals surface area contributed by atoms with Crippen molar-refractivity contribution < 1.29 is 27.5 Å². The Morgan fingerprint density at radius 3 is 1.78 bits per heavy atom. The molecule has 0 atom stereocenters. The molecule has 0 aliphatic heterocycles. The van der Waals surface area contributed by atoms with Crippen LogP contribution in [0.2, 0.25) is 0 Å². The Balaban J connectivity index is 2.76. The molecule has 1 fully saturated rings. The first-order valence-corrected chi connectivity index (χ1v) is 5.87. The molecule has 0 unspecified atom stereocenters. The second-order valence-electron chi connectivity index (χ2n) is 4.19. The molecule has 7 heteroatoms. The fraction of sp³-hybridized carbons (Fsp3) is 0.364. The van der Waals surface area contributed by atoms with Crippen LogP contribution in [0.3, 0.4) is 0 Å². The van der Waals surface area contributed by atoms with E-state index in [0.29, 0.717) is 6.42 Å². The van der Waals surface area contributed by atoms with Crippen molar-refractivity contribution in [3.63, 3.8) is 0 Å². The average Bonchev–Trinajstić information content (AvgIpc) is 2.26. The van der Waals surface area contributed by atoms with Crippen LogP contribution in [0, 0.1) is 23.3 Å². The zero-order valence-corrected chi connectivity index (χ0v) is 10.5. The first-order valence-electron chi connectivity index (χ1n) is 5.08. The number of carbonyl (C=O) groups is 1. The summed E-state index contributed by atoms with van der Waals surface area (Å²) in [5.74, 6) is -8.01. The molecule has 1 aliphatic carbocycles. The van der Waals surface area contributed by atoms with Crippen molar-refractivity contribution in [3.05, 3.63) is 33.3 Å². The van der Waals surface area contributed by atoms with Crippen LogP contribution in [-0.4, -0.2) is 11.1 Å². The highest BCUT2D eigenvalue weighted by molar-refractivity contribution is 9.10. The standard InChI is InChI=1S/C11H7BrF4O2/c12-5-8(15)6(13)4(7(14)9(5)16)11(10(17)18)2-1-3-11/h1-3H2,(H,17,18). The monoisotopic (exact) mass is 326 g/mol. The van der Waals surface area contributed by atoms with Gasteiger partial charge in [-0.3, -0.25) is 4.79 Å². The van der Waals surface area contributed by atoms with Gasteiger partial charge >= 0.3 is 5.97 Å². The smallest absolute Gasteiger partial charge is 0.314 e. The molecular formula is C11H7BrF4O2. The highest BCUT2D eigenvalue weighted by Crippen LogP contribution is 2.47. The summed E-state index contributed by atoms with van der Waals surface area (Å²) < 4.78 is 53.2. The Morgan fingerprint density at radius 1 is 1.06 bits per heavy atom. The molecule has 98 valence electrons. The largest absolute Gasteiger partial charge is 0.481 e. The Bertz CT molecular complexity index is 511. The predicted molar refractivity (Wildman–Crippen MR) is 57.1 cm³/mol. The second-order valence-corrected chi connectivity index (χ2v) is 4.98. The lowest BCUT2D eigenvalue weighted by Crippen LogP contribution is -2.44. The summed E-state index contributed by atoms with van der Waals surface area (Å²) in [5, 5.41) is 9.05. The maximum atomic E-state index is 13.7. The molecule has 1 N–H and O–H groups in total. The molecule has 2 nitrogen and oxygen atoms in total. The van der Waals surface area contributed by atoms with Crippen molar-refractivity contribution in [1.29, 1.82) is 0 Å². The van der Waals surface area contributed by atoms with Crippen LogP contribution in [0.5, 0.6) is 0 Å². The quantitative estimate of drug-likeness (QED) is 0.513. The topological polar surface area (TPSA) is 37.3 Å². The summed E-state index contributed by atoms with van der Waals surface area (Å²) in [6, 6.07) is 0. The molecule has 0 bridgehead atoms. The van der Waals surface area contributed by atoms with E-state index in [1.807, 2.05) is 0 Å². The molecular weight excluding hydrogens is 320 g/mol. The maximum Gasteiger partial charge on any atom is 0.314 e. The van der Waals surface area contributed by atoms with Gasteiger partial charge in [0.1, 0.15) is 0 Å². The molecule has 1 aliphatic rings. The Labute approximate surface area is 108 Å². The van der Waals surface area contributed by atoms with Crippen molar-refractivity contribution in [2.45, 2.75) is 24.7 Å². The van der Waals surface area contributed by atoms with Gasteiger partial charge in [0.25, 0.3) is 0 Å². The molecule has 1 aromatic carbocycles. The number of halogens is 5. The Kier molecular flexibility index (Phi) is 3.12.